The van der Waals surface area contributed by atoms with Crippen LogP contribution in [0.15, 0.2) is 18.2 Å². The highest BCUT2D eigenvalue weighted by Crippen LogP contribution is 2.21. The van der Waals surface area contributed by atoms with E-state index in [0.717, 1.165) is 30.6 Å². The topological polar surface area (TPSA) is 35.5 Å². The van der Waals surface area contributed by atoms with Crippen LogP contribution in [0.4, 0.5) is 0 Å². The molecule has 0 bridgehead atoms. The first kappa shape index (κ1) is 14.0. The summed E-state index contributed by atoms with van der Waals surface area (Å²) in [6, 6.07) is 6.33. The Hall–Kier alpha value is -1.06. The van der Waals surface area contributed by atoms with E-state index in [1.54, 1.807) is 0 Å². The van der Waals surface area contributed by atoms with Gasteiger partial charge in [-0.3, -0.25) is 0 Å². The van der Waals surface area contributed by atoms with Gasteiger partial charge in [0.1, 0.15) is 5.75 Å². The van der Waals surface area contributed by atoms with Gasteiger partial charge in [-0.25, -0.2) is 0 Å². The Labute approximate surface area is 104 Å². The lowest BCUT2D eigenvalue weighted by Crippen LogP contribution is -2.29. The maximum Gasteiger partial charge on any atom is 0.122 e. The van der Waals surface area contributed by atoms with Crippen LogP contribution in [0.3, 0.4) is 0 Å². The number of nitrogens with one attached hydrogen (secondary N) is 1. The Morgan fingerprint density at radius 3 is 2.71 bits per heavy atom. The third kappa shape index (κ3) is 4.75. The highest BCUT2D eigenvalue weighted by molar-refractivity contribution is 5.39. The van der Waals surface area contributed by atoms with Crippen molar-refractivity contribution in [2.24, 2.45) is 0 Å². The zero-order valence-electron chi connectivity index (χ0n) is 11.3. The largest absolute Gasteiger partial charge is 0.507 e. The number of rotatable bonds is 6. The van der Waals surface area contributed by atoms with Gasteiger partial charge >= 0.3 is 0 Å². The minimum atomic E-state index is 0.416. The standard InChI is InChI=1S/C14H24N2O/c1-11-6-5-7-13(14(11)17)10-15-12(2)8-9-16(3)4/h5-7,12,15,17H,8-10H2,1-4H3. The van der Waals surface area contributed by atoms with Gasteiger partial charge in [0.2, 0.25) is 0 Å². The van der Waals surface area contributed by atoms with Crippen LogP contribution in [0.5, 0.6) is 5.75 Å². The summed E-state index contributed by atoms with van der Waals surface area (Å²) in [4.78, 5) is 2.18. The zero-order chi connectivity index (χ0) is 12.8. The highest BCUT2D eigenvalue weighted by Gasteiger charge is 2.06. The van der Waals surface area contributed by atoms with Crippen LogP contribution in [0.2, 0.25) is 0 Å². The molecule has 0 amide bonds. The molecule has 0 spiro atoms. The number of para-hydroxylation sites is 1. The molecule has 2 N–H and O–H groups in total. The van der Waals surface area contributed by atoms with Crippen LogP contribution in [-0.4, -0.2) is 36.7 Å². The van der Waals surface area contributed by atoms with E-state index < -0.39 is 0 Å². The molecule has 0 radical (unpaired) electrons. The van der Waals surface area contributed by atoms with Crippen molar-refractivity contribution in [2.45, 2.75) is 32.9 Å². The molecule has 3 heteroatoms. The zero-order valence-corrected chi connectivity index (χ0v) is 11.3. The van der Waals surface area contributed by atoms with Crippen molar-refractivity contribution < 1.29 is 5.11 Å². The highest BCUT2D eigenvalue weighted by atomic mass is 16.3. The van der Waals surface area contributed by atoms with E-state index in [-0.39, 0.29) is 0 Å². The molecule has 96 valence electrons. The number of hydrogen-bond donors (Lipinski definition) is 2. The van der Waals surface area contributed by atoms with E-state index in [9.17, 15) is 5.11 Å². The third-order valence-electron chi connectivity index (χ3n) is 2.97. The van der Waals surface area contributed by atoms with Crippen LogP contribution >= 0.6 is 0 Å². The molecule has 0 fully saturated rings. The van der Waals surface area contributed by atoms with E-state index in [1.165, 1.54) is 0 Å². The lowest BCUT2D eigenvalue weighted by atomic mass is 10.1. The van der Waals surface area contributed by atoms with Gasteiger partial charge in [-0.2, -0.15) is 0 Å². The van der Waals surface area contributed by atoms with Gasteiger partial charge in [-0.05, 0) is 46.5 Å². The Bertz CT molecular complexity index is 350. The number of aryl methyl sites for hydroxylation is 1. The van der Waals surface area contributed by atoms with Gasteiger partial charge < -0.3 is 15.3 Å². The Kier molecular flexibility index (Phi) is 5.45. The molecular weight excluding hydrogens is 212 g/mol. The van der Waals surface area contributed by atoms with Crippen molar-refractivity contribution in [1.29, 1.82) is 0 Å². The molecule has 1 unspecified atom stereocenters. The average Bonchev–Trinajstić information content (AvgIpc) is 2.28. The molecule has 17 heavy (non-hydrogen) atoms. The minimum absolute atomic E-state index is 0.416. The second-order valence-electron chi connectivity index (χ2n) is 4.96. The van der Waals surface area contributed by atoms with Gasteiger partial charge in [-0.1, -0.05) is 18.2 Å². The van der Waals surface area contributed by atoms with Crippen LogP contribution in [-0.2, 0) is 6.54 Å². The summed E-state index contributed by atoms with van der Waals surface area (Å²) in [5.74, 6) is 0.416. The molecule has 0 aliphatic heterocycles. The van der Waals surface area contributed by atoms with E-state index >= 15 is 0 Å². The monoisotopic (exact) mass is 236 g/mol. The summed E-state index contributed by atoms with van der Waals surface area (Å²) in [6.45, 7) is 5.90. The second-order valence-corrected chi connectivity index (χ2v) is 4.96. The smallest absolute Gasteiger partial charge is 0.122 e. The fourth-order valence-corrected chi connectivity index (χ4v) is 1.70. The van der Waals surface area contributed by atoms with Gasteiger partial charge in [0.25, 0.3) is 0 Å². The van der Waals surface area contributed by atoms with Crippen molar-refractivity contribution in [3.8, 4) is 5.75 Å². The van der Waals surface area contributed by atoms with Crippen LogP contribution in [0.1, 0.15) is 24.5 Å². The first-order valence-corrected chi connectivity index (χ1v) is 6.16. The fourth-order valence-electron chi connectivity index (χ4n) is 1.70. The summed E-state index contributed by atoms with van der Waals surface area (Å²) in [5, 5.41) is 13.3. The van der Waals surface area contributed by atoms with E-state index in [2.05, 4.69) is 31.2 Å². The molecule has 0 aromatic heterocycles. The summed E-state index contributed by atoms with van der Waals surface area (Å²) in [5.41, 5.74) is 1.91. The lowest BCUT2D eigenvalue weighted by Gasteiger charge is -2.17. The Balaban J connectivity index is 2.42. The lowest BCUT2D eigenvalue weighted by molar-refractivity contribution is 0.364. The predicted molar refractivity (Wildman–Crippen MR) is 72.3 cm³/mol. The van der Waals surface area contributed by atoms with Crippen LogP contribution < -0.4 is 5.32 Å². The second kappa shape index (κ2) is 6.62. The summed E-state index contributed by atoms with van der Waals surface area (Å²) < 4.78 is 0. The van der Waals surface area contributed by atoms with Gasteiger partial charge in [0.15, 0.2) is 0 Å². The number of phenols is 1. The van der Waals surface area contributed by atoms with Gasteiger partial charge in [-0.15, -0.1) is 0 Å². The first-order chi connectivity index (χ1) is 8.00. The number of nitrogens with zero attached hydrogens (tertiary/aromatic N) is 1. The van der Waals surface area contributed by atoms with Crippen molar-refractivity contribution in [3.63, 3.8) is 0 Å². The van der Waals surface area contributed by atoms with Gasteiger partial charge in [0.05, 0.1) is 0 Å². The summed E-state index contributed by atoms with van der Waals surface area (Å²) >= 11 is 0. The number of hydrogen-bond acceptors (Lipinski definition) is 3. The Morgan fingerprint density at radius 2 is 2.06 bits per heavy atom. The molecule has 0 heterocycles. The maximum atomic E-state index is 9.88. The number of benzene rings is 1. The first-order valence-electron chi connectivity index (χ1n) is 6.16. The van der Waals surface area contributed by atoms with Crippen molar-refractivity contribution in [1.82, 2.24) is 10.2 Å². The fraction of sp³-hybridized carbons (Fsp3) is 0.571. The molecule has 0 saturated heterocycles. The van der Waals surface area contributed by atoms with Crippen LogP contribution in [0, 0.1) is 6.92 Å². The van der Waals surface area contributed by atoms with Crippen molar-refractivity contribution in [3.05, 3.63) is 29.3 Å². The van der Waals surface area contributed by atoms with E-state index in [4.69, 9.17) is 0 Å². The van der Waals surface area contributed by atoms with Gasteiger partial charge in [0, 0.05) is 18.2 Å². The number of phenolic OH excluding ortho intramolecular Hbond substituents is 1. The number of aromatic hydroxyl groups is 1. The van der Waals surface area contributed by atoms with Crippen molar-refractivity contribution in [2.75, 3.05) is 20.6 Å². The normalized spacial score (nSPS) is 13.0. The molecule has 3 nitrogen and oxygen atoms in total. The molecule has 0 aliphatic carbocycles. The molecule has 0 aliphatic rings. The molecule has 1 rings (SSSR count). The summed E-state index contributed by atoms with van der Waals surface area (Å²) in [7, 11) is 4.16. The summed E-state index contributed by atoms with van der Waals surface area (Å²) in [6.07, 6.45) is 1.11. The predicted octanol–water partition coefficient (Wildman–Crippen LogP) is 2.13. The quantitative estimate of drug-likeness (QED) is 0.794. The molecule has 1 aromatic rings. The Morgan fingerprint density at radius 1 is 1.35 bits per heavy atom. The maximum absolute atomic E-state index is 9.88. The SMILES string of the molecule is Cc1cccc(CNC(C)CCN(C)C)c1O. The van der Waals surface area contributed by atoms with Crippen LogP contribution in [0.25, 0.3) is 0 Å². The average molecular weight is 236 g/mol. The third-order valence-corrected chi connectivity index (χ3v) is 2.97. The molecule has 1 aromatic carbocycles. The molecular formula is C14H24N2O. The minimum Gasteiger partial charge on any atom is -0.507 e. The molecule has 1 atom stereocenters. The van der Waals surface area contributed by atoms with E-state index in [0.29, 0.717) is 11.8 Å². The van der Waals surface area contributed by atoms with E-state index in [1.807, 2.05) is 25.1 Å². The molecule has 0 saturated carbocycles. The van der Waals surface area contributed by atoms with Crippen molar-refractivity contribution >= 4 is 0 Å².